The van der Waals surface area contributed by atoms with Crippen LogP contribution < -0.4 is 0 Å². The molecular formula is C35H38O8S. The molecule has 4 aromatic carbocycles. The van der Waals surface area contributed by atoms with Gasteiger partial charge in [-0.2, -0.15) is 8.42 Å². The molecule has 0 amide bonds. The van der Waals surface area contributed by atoms with Crippen molar-refractivity contribution in [3.63, 3.8) is 0 Å². The van der Waals surface area contributed by atoms with Crippen LogP contribution in [-0.4, -0.2) is 52.8 Å². The lowest BCUT2D eigenvalue weighted by atomic mass is 9.98. The molecule has 1 saturated heterocycles. The Morgan fingerprint density at radius 2 is 1.07 bits per heavy atom. The largest absolute Gasteiger partial charge is 0.368 e. The molecule has 1 heterocycles. The molecule has 0 N–H and O–H groups in total. The average Bonchev–Trinajstić information content (AvgIpc) is 3.06. The molecule has 1 aliphatic rings. The smallest absolute Gasteiger partial charge is 0.297 e. The van der Waals surface area contributed by atoms with Gasteiger partial charge in [-0.3, -0.25) is 4.18 Å². The molecule has 0 radical (unpaired) electrons. The third-order valence-corrected chi connectivity index (χ3v) is 8.67. The van der Waals surface area contributed by atoms with Crippen LogP contribution >= 0.6 is 0 Å². The Kier molecular flexibility index (Phi) is 11.3. The van der Waals surface area contributed by atoms with Crippen molar-refractivity contribution in [2.75, 3.05) is 13.7 Å². The van der Waals surface area contributed by atoms with Crippen LogP contribution in [-0.2, 0) is 57.8 Å². The van der Waals surface area contributed by atoms with Gasteiger partial charge in [-0.1, -0.05) is 109 Å². The highest BCUT2D eigenvalue weighted by atomic mass is 32.2. The summed E-state index contributed by atoms with van der Waals surface area (Å²) >= 11 is 0. The lowest BCUT2D eigenvalue weighted by molar-refractivity contribution is -0.320. The Hall–Kier alpha value is -3.41. The Bertz CT molecular complexity index is 1520. The lowest BCUT2D eigenvalue weighted by Gasteiger charge is -2.45. The van der Waals surface area contributed by atoms with Gasteiger partial charge in [0.2, 0.25) is 0 Å². The molecule has 0 spiro atoms. The molecule has 5 atom stereocenters. The first-order valence-electron chi connectivity index (χ1n) is 14.5. The van der Waals surface area contributed by atoms with Crippen molar-refractivity contribution < 1.29 is 36.3 Å². The quantitative estimate of drug-likeness (QED) is 0.163. The standard InChI is InChI=1S/C35H38O8S/c1-26-18-20-30(21-19-26)44(36,37)42-25-31-32(39-22-27-12-6-3-7-13-27)33(40-23-28-14-8-4-9-15-28)34(35(38-2)43-31)41-24-29-16-10-5-11-17-29/h3-21,31-35H,22-25H2,1-2H3/t31-,32+,33+,34-,35+/m1/s1. The van der Waals surface area contributed by atoms with E-state index in [1.165, 1.54) is 19.2 Å². The molecule has 0 aliphatic carbocycles. The molecule has 5 rings (SSSR count). The normalized spacial score (nSPS) is 22.1. The number of rotatable bonds is 14. The minimum atomic E-state index is -4.07. The summed E-state index contributed by atoms with van der Waals surface area (Å²) in [6.07, 6.45) is -3.90. The molecule has 8 nitrogen and oxygen atoms in total. The second-order valence-corrected chi connectivity index (χ2v) is 12.2. The molecular weight excluding hydrogens is 580 g/mol. The van der Waals surface area contributed by atoms with E-state index in [0.29, 0.717) is 0 Å². The molecule has 0 bridgehead atoms. The van der Waals surface area contributed by atoms with Crippen LogP contribution in [0.2, 0.25) is 0 Å². The first-order valence-corrected chi connectivity index (χ1v) is 15.9. The molecule has 232 valence electrons. The number of hydrogen-bond acceptors (Lipinski definition) is 8. The van der Waals surface area contributed by atoms with E-state index in [4.69, 9.17) is 27.9 Å². The van der Waals surface area contributed by atoms with Gasteiger partial charge in [-0.15, -0.1) is 0 Å². The first kappa shape index (κ1) is 32.0. The number of methoxy groups -OCH3 is 1. The highest BCUT2D eigenvalue weighted by molar-refractivity contribution is 7.86. The highest BCUT2D eigenvalue weighted by Crippen LogP contribution is 2.31. The van der Waals surface area contributed by atoms with Gasteiger partial charge in [0.1, 0.15) is 24.4 Å². The Balaban J connectivity index is 1.43. The van der Waals surface area contributed by atoms with Crippen LogP contribution in [0.5, 0.6) is 0 Å². The number of hydrogen-bond donors (Lipinski definition) is 0. The van der Waals surface area contributed by atoms with Gasteiger partial charge < -0.3 is 23.7 Å². The fourth-order valence-electron chi connectivity index (χ4n) is 5.00. The van der Waals surface area contributed by atoms with Crippen molar-refractivity contribution in [2.24, 2.45) is 0 Å². The molecule has 9 heteroatoms. The predicted octanol–water partition coefficient (Wildman–Crippen LogP) is 5.83. The molecule has 44 heavy (non-hydrogen) atoms. The topological polar surface area (TPSA) is 89.5 Å². The molecule has 4 aromatic rings. The van der Waals surface area contributed by atoms with Gasteiger partial charge in [0, 0.05) is 7.11 Å². The van der Waals surface area contributed by atoms with E-state index in [9.17, 15) is 8.42 Å². The van der Waals surface area contributed by atoms with Crippen molar-refractivity contribution in [1.29, 1.82) is 0 Å². The van der Waals surface area contributed by atoms with Gasteiger partial charge >= 0.3 is 0 Å². The maximum atomic E-state index is 13.1. The highest BCUT2D eigenvalue weighted by Gasteiger charge is 2.49. The molecule has 0 unspecified atom stereocenters. The van der Waals surface area contributed by atoms with E-state index in [1.54, 1.807) is 12.1 Å². The van der Waals surface area contributed by atoms with Crippen LogP contribution in [0.25, 0.3) is 0 Å². The fourth-order valence-corrected chi connectivity index (χ4v) is 5.92. The van der Waals surface area contributed by atoms with E-state index in [2.05, 4.69) is 0 Å². The maximum Gasteiger partial charge on any atom is 0.297 e. The zero-order chi connectivity index (χ0) is 30.8. The number of aryl methyl sites for hydroxylation is 1. The maximum absolute atomic E-state index is 13.1. The summed E-state index contributed by atoms with van der Waals surface area (Å²) in [6, 6.07) is 35.8. The van der Waals surface area contributed by atoms with Gasteiger partial charge in [0.05, 0.1) is 31.3 Å². The minimum absolute atomic E-state index is 0.0601. The van der Waals surface area contributed by atoms with E-state index in [0.717, 1.165) is 22.3 Å². The summed E-state index contributed by atoms with van der Waals surface area (Å²) in [7, 11) is -2.55. The zero-order valence-electron chi connectivity index (χ0n) is 24.9. The Morgan fingerprint density at radius 1 is 0.614 bits per heavy atom. The number of ether oxygens (including phenoxy) is 5. The second-order valence-electron chi connectivity index (χ2n) is 10.6. The Morgan fingerprint density at radius 3 is 1.55 bits per heavy atom. The summed E-state index contributed by atoms with van der Waals surface area (Å²) in [5.74, 6) is 0. The van der Waals surface area contributed by atoms with E-state index in [1.807, 2.05) is 97.9 Å². The van der Waals surface area contributed by atoms with Crippen LogP contribution in [0, 0.1) is 6.92 Å². The summed E-state index contributed by atoms with van der Waals surface area (Å²) in [5, 5.41) is 0. The zero-order valence-corrected chi connectivity index (χ0v) is 25.7. The molecule has 1 fully saturated rings. The van der Waals surface area contributed by atoms with E-state index < -0.39 is 40.8 Å². The van der Waals surface area contributed by atoms with Crippen molar-refractivity contribution >= 4 is 10.1 Å². The summed E-state index contributed by atoms with van der Waals surface area (Å²) in [4.78, 5) is 0.0601. The van der Waals surface area contributed by atoms with Crippen molar-refractivity contribution in [3.05, 3.63) is 138 Å². The first-order chi connectivity index (χ1) is 21.4. The van der Waals surface area contributed by atoms with Crippen LogP contribution in [0.4, 0.5) is 0 Å². The summed E-state index contributed by atoms with van der Waals surface area (Å²) in [6.45, 7) is 2.37. The van der Waals surface area contributed by atoms with Crippen molar-refractivity contribution in [1.82, 2.24) is 0 Å². The van der Waals surface area contributed by atoms with Gasteiger partial charge in [0.25, 0.3) is 10.1 Å². The summed E-state index contributed by atoms with van der Waals surface area (Å²) in [5.41, 5.74) is 3.82. The molecule has 1 aliphatic heterocycles. The van der Waals surface area contributed by atoms with Gasteiger partial charge in [-0.25, -0.2) is 0 Å². The van der Waals surface area contributed by atoms with Gasteiger partial charge in [-0.05, 0) is 35.7 Å². The Labute approximate surface area is 259 Å². The van der Waals surface area contributed by atoms with Crippen LogP contribution in [0.15, 0.2) is 120 Å². The third-order valence-electron chi connectivity index (χ3n) is 7.38. The second kappa shape index (κ2) is 15.5. The monoisotopic (exact) mass is 618 g/mol. The van der Waals surface area contributed by atoms with Crippen LogP contribution in [0.1, 0.15) is 22.3 Å². The average molecular weight is 619 g/mol. The van der Waals surface area contributed by atoms with Gasteiger partial charge in [0.15, 0.2) is 6.29 Å². The third kappa shape index (κ3) is 8.61. The molecule has 0 saturated carbocycles. The SMILES string of the molecule is CO[C@H]1O[C@H](COS(=O)(=O)c2ccc(C)cc2)[C@H](OCc2ccccc2)[C@H](OCc2ccccc2)[C@H]1OCc1ccccc1. The number of benzene rings is 4. The van der Waals surface area contributed by atoms with Crippen molar-refractivity contribution in [2.45, 2.75) is 62.3 Å². The van der Waals surface area contributed by atoms with E-state index >= 15 is 0 Å². The predicted molar refractivity (Wildman–Crippen MR) is 165 cm³/mol. The van der Waals surface area contributed by atoms with Crippen LogP contribution in [0.3, 0.4) is 0 Å². The fraction of sp³-hybridized carbons (Fsp3) is 0.314. The lowest BCUT2D eigenvalue weighted by Crippen LogP contribution is -2.61. The van der Waals surface area contributed by atoms with Crippen molar-refractivity contribution in [3.8, 4) is 0 Å². The summed E-state index contributed by atoms with van der Waals surface area (Å²) < 4.78 is 63.4. The molecule has 0 aromatic heterocycles. The minimum Gasteiger partial charge on any atom is -0.368 e. The van der Waals surface area contributed by atoms with E-state index in [-0.39, 0.29) is 31.3 Å².